The summed E-state index contributed by atoms with van der Waals surface area (Å²) in [4.78, 5) is 11.8. The van der Waals surface area contributed by atoms with Crippen LogP contribution in [0.15, 0.2) is 12.1 Å². The third-order valence-electron chi connectivity index (χ3n) is 3.63. The Labute approximate surface area is 122 Å². The van der Waals surface area contributed by atoms with Crippen LogP contribution in [0.25, 0.3) is 0 Å². The molecule has 1 aliphatic rings. The van der Waals surface area contributed by atoms with E-state index in [1.807, 2.05) is 0 Å². The van der Waals surface area contributed by atoms with Gasteiger partial charge in [0, 0.05) is 18.2 Å². The van der Waals surface area contributed by atoms with Crippen molar-refractivity contribution in [3.8, 4) is 5.75 Å². The first-order chi connectivity index (χ1) is 10.1. The van der Waals surface area contributed by atoms with Crippen molar-refractivity contribution in [3.63, 3.8) is 0 Å². The van der Waals surface area contributed by atoms with Crippen molar-refractivity contribution in [2.75, 3.05) is 12.3 Å². The lowest BCUT2D eigenvalue weighted by Crippen LogP contribution is -2.37. The second-order valence-electron chi connectivity index (χ2n) is 5.35. The number of amides is 1. The molecule has 1 aromatic carbocycles. The minimum atomic E-state index is -0.781. The van der Waals surface area contributed by atoms with E-state index in [1.165, 1.54) is 12.8 Å². The number of benzene rings is 1. The Morgan fingerprint density at radius 2 is 1.86 bits per heavy atom. The highest BCUT2D eigenvalue weighted by Crippen LogP contribution is 2.23. The fourth-order valence-electron chi connectivity index (χ4n) is 2.49. The van der Waals surface area contributed by atoms with Crippen LogP contribution in [0.1, 0.15) is 38.5 Å². The van der Waals surface area contributed by atoms with Gasteiger partial charge in [0.05, 0.1) is 5.69 Å². The van der Waals surface area contributed by atoms with Gasteiger partial charge < -0.3 is 15.8 Å². The molecule has 1 fully saturated rings. The van der Waals surface area contributed by atoms with Crippen molar-refractivity contribution >= 4 is 11.6 Å². The third-order valence-corrected chi connectivity index (χ3v) is 3.63. The second-order valence-corrected chi connectivity index (χ2v) is 5.35. The quantitative estimate of drug-likeness (QED) is 0.663. The van der Waals surface area contributed by atoms with Crippen molar-refractivity contribution in [2.45, 2.75) is 44.6 Å². The first-order valence-electron chi connectivity index (χ1n) is 7.23. The number of carbonyl (C=O) groups is 1. The molecule has 2 rings (SSSR count). The first-order valence-corrected chi connectivity index (χ1v) is 7.23. The molecule has 1 aliphatic carbocycles. The Hall–Kier alpha value is -1.85. The molecule has 1 saturated carbocycles. The lowest BCUT2D eigenvalue weighted by atomic mass is 10.1. The van der Waals surface area contributed by atoms with Crippen molar-refractivity contribution in [2.24, 2.45) is 0 Å². The molecule has 3 N–H and O–H groups in total. The Kier molecular flexibility index (Phi) is 5.36. The predicted octanol–water partition coefficient (Wildman–Crippen LogP) is 2.76. The van der Waals surface area contributed by atoms with Gasteiger partial charge in [0.15, 0.2) is 18.2 Å². The van der Waals surface area contributed by atoms with E-state index in [2.05, 4.69) is 5.32 Å². The molecule has 0 bridgehead atoms. The number of ether oxygens (including phenoxy) is 1. The second kappa shape index (κ2) is 7.24. The number of nitrogens with one attached hydrogen (secondary N) is 1. The molecular formula is C15H20F2N2O2. The Morgan fingerprint density at radius 3 is 2.52 bits per heavy atom. The summed E-state index contributed by atoms with van der Waals surface area (Å²) < 4.78 is 31.7. The maximum atomic E-state index is 13.5. The first kappa shape index (κ1) is 15.5. The Morgan fingerprint density at radius 1 is 1.19 bits per heavy atom. The normalized spacial score (nSPS) is 16.3. The number of hydrogen-bond donors (Lipinski definition) is 2. The average Bonchev–Trinajstić information content (AvgIpc) is 2.70. The molecule has 0 atom stereocenters. The largest absolute Gasteiger partial charge is 0.481 e. The molecule has 0 aromatic heterocycles. The molecule has 0 saturated heterocycles. The van der Waals surface area contributed by atoms with Crippen LogP contribution in [0, 0.1) is 11.6 Å². The van der Waals surface area contributed by atoms with Gasteiger partial charge in [-0.1, -0.05) is 25.7 Å². The fourth-order valence-corrected chi connectivity index (χ4v) is 2.49. The number of carbonyl (C=O) groups excluding carboxylic acids is 1. The van der Waals surface area contributed by atoms with Crippen molar-refractivity contribution in [1.29, 1.82) is 0 Å². The van der Waals surface area contributed by atoms with Crippen molar-refractivity contribution in [1.82, 2.24) is 5.32 Å². The summed E-state index contributed by atoms with van der Waals surface area (Å²) in [6, 6.07) is 1.84. The molecule has 4 nitrogen and oxygen atoms in total. The lowest BCUT2D eigenvalue weighted by molar-refractivity contribution is -0.123. The van der Waals surface area contributed by atoms with Gasteiger partial charge in [-0.25, -0.2) is 8.78 Å². The standard InChI is InChI=1S/C15H20F2N2O2/c16-11-8-14(12(17)7-13(11)18)21-9-15(20)19-10-5-3-1-2-4-6-10/h7-8,10H,1-6,9,18H2,(H,19,20). The van der Waals surface area contributed by atoms with E-state index >= 15 is 0 Å². The van der Waals surface area contributed by atoms with Gasteiger partial charge in [0.1, 0.15) is 5.82 Å². The highest BCUT2D eigenvalue weighted by molar-refractivity contribution is 5.77. The molecule has 0 aliphatic heterocycles. The SMILES string of the molecule is Nc1cc(F)c(OCC(=O)NC2CCCCCC2)cc1F. The number of halogens is 2. The minimum absolute atomic E-state index is 0.150. The molecule has 116 valence electrons. The van der Waals surface area contributed by atoms with Gasteiger partial charge in [0.25, 0.3) is 5.91 Å². The monoisotopic (exact) mass is 298 g/mol. The highest BCUT2D eigenvalue weighted by Gasteiger charge is 2.16. The summed E-state index contributed by atoms with van der Waals surface area (Å²) in [7, 11) is 0. The van der Waals surface area contributed by atoms with E-state index in [-0.39, 0.29) is 30.0 Å². The van der Waals surface area contributed by atoms with Gasteiger partial charge in [-0.2, -0.15) is 0 Å². The van der Waals surface area contributed by atoms with Crippen LogP contribution in [0.4, 0.5) is 14.5 Å². The number of hydrogen-bond acceptors (Lipinski definition) is 3. The zero-order valence-corrected chi connectivity index (χ0v) is 11.8. The van der Waals surface area contributed by atoms with E-state index in [1.54, 1.807) is 0 Å². The molecule has 0 radical (unpaired) electrons. The van der Waals surface area contributed by atoms with Crippen LogP contribution in [0.3, 0.4) is 0 Å². The van der Waals surface area contributed by atoms with Crippen LogP contribution in [0.5, 0.6) is 5.75 Å². The molecule has 6 heteroatoms. The molecule has 1 aromatic rings. The molecule has 21 heavy (non-hydrogen) atoms. The van der Waals surface area contributed by atoms with Crippen molar-refractivity contribution < 1.29 is 18.3 Å². The summed E-state index contributed by atoms with van der Waals surface area (Å²) in [5, 5.41) is 2.87. The number of nitrogen functional groups attached to an aromatic ring is 1. The Balaban J connectivity index is 1.84. The number of rotatable bonds is 4. The topological polar surface area (TPSA) is 64.3 Å². The zero-order valence-electron chi connectivity index (χ0n) is 11.8. The Bertz CT molecular complexity index is 501. The summed E-state index contributed by atoms with van der Waals surface area (Å²) >= 11 is 0. The average molecular weight is 298 g/mol. The molecule has 0 unspecified atom stereocenters. The summed E-state index contributed by atoms with van der Waals surface area (Å²) in [6.07, 6.45) is 6.50. The highest BCUT2D eigenvalue weighted by atomic mass is 19.1. The van der Waals surface area contributed by atoms with E-state index in [0.29, 0.717) is 0 Å². The summed E-state index contributed by atoms with van der Waals surface area (Å²) in [5.74, 6) is -2.18. The van der Waals surface area contributed by atoms with Crippen LogP contribution in [0.2, 0.25) is 0 Å². The molecule has 0 heterocycles. The molecular weight excluding hydrogens is 278 g/mol. The minimum Gasteiger partial charge on any atom is -0.481 e. The van der Waals surface area contributed by atoms with Crippen molar-refractivity contribution in [3.05, 3.63) is 23.8 Å². The van der Waals surface area contributed by atoms with Gasteiger partial charge in [-0.15, -0.1) is 0 Å². The van der Waals surface area contributed by atoms with Crippen LogP contribution >= 0.6 is 0 Å². The predicted molar refractivity (Wildman–Crippen MR) is 75.9 cm³/mol. The fraction of sp³-hybridized carbons (Fsp3) is 0.533. The summed E-state index contributed by atoms with van der Waals surface area (Å²) in [6.45, 7) is -0.337. The van der Waals surface area contributed by atoms with E-state index < -0.39 is 11.6 Å². The summed E-state index contributed by atoms with van der Waals surface area (Å²) in [5.41, 5.74) is 4.95. The van der Waals surface area contributed by atoms with Crippen LogP contribution in [-0.4, -0.2) is 18.6 Å². The van der Waals surface area contributed by atoms with E-state index in [0.717, 1.165) is 37.8 Å². The zero-order chi connectivity index (χ0) is 15.2. The van der Waals surface area contributed by atoms with E-state index in [4.69, 9.17) is 10.5 Å². The smallest absolute Gasteiger partial charge is 0.258 e. The van der Waals surface area contributed by atoms with Gasteiger partial charge in [-0.3, -0.25) is 4.79 Å². The third kappa shape index (κ3) is 4.58. The number of nitrogens with two attached hydrogens (primary N) is 1. The van der Waals surface area contributed by atoms with Crippen LogP contribution in [-0.2, 0) is 4.79 Å². The molecule has 0 spiro atoms. The number of anilines is 1. The van der Waals surface area contributed by atoms with Gasteiger partial charge >= 0.3 is 0 Å². The maximum absolute atomic E-state index is 13.5. The lowest BCUT2D eigenvalue weighted by Gasteiger charge is -2.16. The van der Waals surface area contributed by atoms with Gasteiger partial charge in [-0.05, 0) is 12.8 Å². The van der Waals surface area contributed by atoms with E-state index in [9.17, 15) is 13.6 Å². The molecule has 1 amide bonds. The van der Waals surface area contributed by atoms with Gasteiger partial charge in [0.2, 0.25) is 0 Å². The maximum Gasteiger partial charge on any atom is 0.258 e. The van der Waals surface area contributed by atoms with Crippen LogP contribution < -0.4 is 15.8 Å².